The van der Waals surface area contributed by atoms with E-state index < -0.39 is 18.2 Å². The van der Waals surface area contributed by atoms with Crippen LogP contribution in [0.5, 0.6) is 11.5 Å². The third-order valence-corrected chi connectivity index (χ3v) is 5.63. The maximum Gasteiger partial charge on any atom is 0.415 e. The largest absolute Gasteiger partial charge is 0.492 e. The number of carbonyl (C=O) groups is 2. The van der Waals surface area contributed by atoms with E-state index in [4.69, 9.17) is 14.2 Å². The number of carboxylic acid groups (broad SMARTS) is 1. The number of rotatable bonds is 14. The highest BCUT2D eigenvalue weighted by atomic mass is 79.9. The monoisotopic (exact) mass is 535 g/mol. The Morgan fingerprint density at radius 1 is 1.00 bits per heavy atom. The number of hydrogen-bond donors (Lipinski definition) is 1. The van der Waals surface area contributed by atoms with E-state index in [1.807, 2.05) is 24.3 Å². The molecule has 2 aromatic rings. The van der Waals surface area contributed by atoms with Crippen molar-refractivity contribution in [1.82, 2.24) is 4.90 Å². The highest BCUT2D eigenvalue weighted by molar-refractivity contribution is 9.10. The van der Waals surface area contributed by atoms with Crippen LogP contribution in [0.2, 0.25) is 0 Å². The first-order valence-electron chi connectivity index (χ1n) is 11.6. The third kappa shape index (κ3) is 10.1. The summed E-state index contributed by atoms with van der Waals surface area (Å²) in [6.07, 6.45) is 0.915. The minimum Gasteiger partial charge on any atom is -0.492 e. The summed E-state index contributed by atoms with van der Waals surface area (Å²) in [6, 6.07) is 14.4. The zero-order chi connectivity index (χ0) is 24.9. The Labute approximate surface area is 210 Å². The first-order valence-corrected chi connectivity index (χ1v) is 12.4. The van der Waals surface area contributed by atoms with Crippen LogP contribution in [-0.2, 0) is 16.0 Å². The molecule has 1 unspecified atom stereocenters. The van der Waals surface area contributed by atoms with Gasteiger partial charge in [0, 0.05) is 24.0 Å². The first-order chi connectivity index (χ1) is 16.3. The summed E-state index contributed by atoms with van der Waals surface area (Å²) in [5.41, 5.74) is 0.849. The Kier molecular flexibility index (Phi) is 11.9. The van der Waals surface area contributed by atoms with Gasteiger partial charge >= 0.3 is 12.1 Å². The fraction of sp³-hybridized carbons (Fsp3) is 0.462. The Morgan fingerprint density at radius 3 is 2.24 bits per heavy atom. The lowest BCUT2D eigenvalue weighted by atomic mass is 10.1. The molecule has 0 saturated heterocycles. The first kappa shape index (κ1) is 27.7. The van der Waals surface area contributed by atoms with Gasteiger partial charge in [0.05, 0.1) is 6.54 Å². The van der Waals surface area contributed by atoms with Crippen molar-refractivity contribution in [2.45, 2.75) is 46.1 Å². The van der Waals surface area contributed by atoms with Gasteiger partial charge in [0.25, 0.3) is 0 Å². The zero-order valence-electron chi connectivity index (χ0n) is 20.0. The normalized spacial score (nSPS) is 11.8. The number of halogens is 1. The van der Waals surface area contributed by atoms with E-state index in [0.717, 1.165) is 22.9 Å². The minimum absolute atomic E-state index is 0.287. The van der Waals surface area contributed by atoms with Crippen LogP contribution in [0.3, 0.4) is 0 Å². The fourth-order valence-electron chi connectivity index (χ4n) is 3.28. The van der Waals surface area contributed by atoms with Gasteiger partial charge in [-0.05, 0) is 67.6 Å². The van der Waals surface area contributed by atoms with Crippen LogP contribution in [0, 0.1) is 5.92 Å². The smallest absolute Gasteiger partial charge is 0.415 e. The molecule has 8 heteroatoms. The highest BCUT2D eigenvalue weighted by Crippen LogP contribution is 2.18. The topological polar surface area (TPSA) is 85.3 Å². The van der Waals surface area contributed by atoms with E-state index >= 15 is 0 Å². The zero-order valence-corrected chi connectivity index (χ0v) is 21.6. The molecule has 0 aliphatic rings. The van der Waals surface area contributed by atoms with E-state index in [-0.39, 0.29) is 6.42 Å². The van der Waals surface area contributed by atoms with Crippen molar-refractivity contribution in [3.8, 4) is 11.5 Å². The lowest BCUT2D eigenvalue weighted by Gasteiger charge is -2.22. The fourth-order valence-corrected chi connectivity index (χ4v) is 3.55. The molecule has 0 aliphatic heterocycles. The predicted molar refractivity (Wildman–Crippen MR) is 135 cm³/mol. The second-order valence-corrected chi connectivity index (χ2v) is 9.24. The molecule has 34 heavy (non-hydrogen) atoms. The molecule has 0 saturated carbocycles. The van der Waals surface area contributed by atoms with Gasteiger partial charge in [-0.1, -0.05) is 41.9 Å². The van der Waals surface area contributed by atoms with Crippen LogP contribution in [0.25, 0.3) is 0 Å². The summed E-state index contributed by atoms with van der Waals surface area (Å²) in [5.74, 6) is 0.720. The Balaban J connectivity index is 1.90. The SMILES string of the molecule is CCOC(Cc1ccc(OCCN(CCCC(C)C)C(=O)Oc2ccc(Br)cc2)cc1)C(=O)O. The van der Waals surface area contributed by atoms with Gasteiger partial charge in [-0.3, -0.25) is 0 Å². The molecule has 2 aromatic carbocycles. The molecule has 0 radical (unpaired) electrons. The average molecular weight is 536 g/mol. The van der Waals surface area contributed by atoms with Crippen molar-refractivity contribution >= 4 is 28.0 Å². The maximum atomic E-state index is 12.7. The van der Waals surface area contributed by atoms with Gasteiger partial charge in [-0.25, -0.2) is 9.59 Å². The molecule has 0 heterocycles. The summed E-state index contributed by atoms with van der Waals surface area (Å²) in [5, 5.41) is 9.24. The lowest BCUT2D eigenvalue weighted by molar-refractivity contribution is -0.149. The van der Waals surface area contributed by atoms with Gasteiger partial charge in [-0.2, -0.15) is 0 Å². The molecule has 186 valence electrons. The molecule has 2 rings (SSSR count). The summed E-state index contributed by atoms with van der Waals surface area (Å²) in [7, 11) is 0. The van der Waals surface area contributed by atoms with Crippen LogP contribution in [0.15, 0.2) is 53.0 Å². The van der Waals surface area contributed by atoms with Crippen LogP contribution in [-0.4, -0.2) is 54.5 Å². The van der Waals surface area contributed by atoms with E-state index in [2.05, 4.69) is 29.8 Å². The lowest BCUT2D eigenvalue weighted by Crippen LogP contribution is -2.37. The summed E-state index contributed by atoms with van der Waals surface area (Å²) < 4.78 is 17.5. The number of hydrogen-bond acceptors (Lipinski definition) is 5. The molecule has 0 aromatic heterocycles. The highest BCUT2D eigenvalue weighted by Gasteiger charge is 2.18. The summed E-state index contributed by atoms with van der Waals surface area (Å²) >= 11 is 3.37. The Morgan fingerprint density at radius 2 is 1.65 bits per heavy atom. The quantitative estimate of drug-likeness (QED) is 0.329. The van der Waals surface area contributed by atoms with Gasteiger partial charge < -0.3 is 24.2 Å². The molecule has 7 nitrogen and oxygen atoms in total. The maximum absolute atomic E-state index is 12.7. The summed E-state index contributed by atoms with van der Waals surface area (Å²) in [4.78, 5) is 25.7. The van der Waals surface area contributed by atoms with Crippen molar-refractivity contribution in [3.05, 3.63) is 58.6 Å². The Bertz CT molecular complexity index is 885. The molecule has 0 fully saturated rings. The predicted octanol–water partition coefficient (Wildman–Crippen LogP) is 5.80. The molecule has 0 aliphatic carbocycles. The number of carbonyl (C=O) groups excluding carboxylic acids is 1. The standard InChI is InChI=1S/C26H34BrNO6/c1-4-32-24(25(29)30)18-20-7-11-22(12-8-20)33-17-16-28(15-5-6-19(2)3)26(31)34-23-13-9-21(27)10-14-23/h7-14,19,24H,4-6,15-18H2,1-3H3,(H,29,30). The second kappa shape index (κ2) is 14.6. The van der Waals surface area contributed by atoms with Crippen LogP contribution < -0.4 is 9.47 Å². The number of aliphatic carboxylic acids is 1. The van der Waals surface area contributed by atoms with Crippen LogP contribution >= 0.6 is 15.9 Å². The molecule has 1 amide bonds. The molecular weight excluding hydrogens is 502 g/mol. The van der Waals surface area contributed by atoms with Crippen molar-refractivity contribution < 1.29 is 28.9 Å². The van der Waals surface area contributed by atoms with E-state index in [0.29, 0.717) is 43.7 Å². The van der Waals surface area contributed by atoms with Crippen molar-refractivity contribution in [2.75, 3.05) is 26.3 Å². The van der Waals surface area contributed by atoms with Crippen molar-refractivity contribution in [3.63, 3.8) is 0 Å². The van der Waals surface area contributed by atoms with E-state index in [1.165, 1.54) is 0 Å². The number of carboxylic acids is 1. The third-order valence-electron chi connectivity index (χ3n) is 5.10. The Hall–Kier alpha value is -2.58. The van der Waals surface area contributed by atoms with E-state index in [9.17, 15) is 14.7 Å². The van der Waals surface area contributed by atoms with Gasteiger partial charge in [0.2, 0.25) is 0 Å². The number of ether oxygens (including phenoxy) is 3. The second-order valence-electron chi connectivity index (χ2n) is 8.32. The van der Waals surface area contributed by atoms with Gasteiger partial charge in [-0.15, -0.1) is 0 Å². The van der Waals surface area contributed by atoms with Crippen LogP contribution in [0.4, 0.5) is 4.79 Å². The molecule has 1 atom stereocenters. The molecular formula is C26H34BrNO6. The minimum atomic E-state index is -0.977. The van der Waals surface area contributed by atoms with Crippen molar-refractivity contribution in [1.29, 1.82) is 0 Å². The molecule has 0 bridgehead atoms. The van der Waals surface area contributed by atoms with E-state index in [1.54, 1.807) is 36.1 Å². The number of nitrogens with zero attached hydrogens (tertiary/aromatic N) is 1. The van der Waals surface area contributed by atoms with Gasteiger partial charge in [0.1, 0.15) is 18.1 Å². The summed E-state index contributed by atoms with van der Waals surface area (Å²) in [6.45, 7) is 7.72. The average Bonchev–Trinajstić information content (AvgIpc) is 2.80. The number of benzene rings is 2. The number of amides is 1. The van der Waals surface area contributed by atoms with Crippen molar-refractivity contribution in [2.24, 2.45) is 5.92 Å². The van der Waals surface area contributed by atoms with Crippen LogP contribution in [0.1, 0.15) is 39.2 Å². The molecule has 0 spiro atoms. The molecule has 1 N–H and O–H groups in total. The van der Waals surface area contributed by atoms with Gasteiger partial charge in [0.15, 0.2) is 6.10 Å².